The molecule has 1 fully saturated rings. The van der Waals surface area contributed by atoms with Crippen LogP contribution in [0.1, 0.15) is 46.8 Å². The van der Waals surface area contributed by atoms with Crippen LogP contribution in [-0.4, -0.2) is 44.9 Å². The van der Waals surface area contributed by atoms with Gasteiger partial charge < -0.3 is 20.3 Å². The molecule has 0 spiro atoms. The van der Waals surface area contributed by atoms with Crippen molar-refractivity contribution in [1.29, 1.82) is 0 Å². The quantitative estimate of drug-likeness (QED) is 0.722. The number of hydrogen-bond donors (Lipinski definition) is 3. The highest BCUT2D eigenvalue weighted by atomic mass is 16.3. The first-order valence-electron chi connectivity index (χ1n) is 8.32. The third-order valence-electron chi connectivity index (χ3n) is 4.86. The molecule has 2 aromatic rings. The molecule has 1 atom stereocenters. The third kappa shape index (κ3) is 2.22. The molecule has 1 unspecified atom stereocenters. The summed E-state index contributed by atoms with van der Waals surface area (Å²) in [6.45, 7) is 2.58. The highest BCUT2D eigenvalue weighted by Gasteiger charge is 2.35. The van der Waals surface area contributed by atoms with Crippen LogP contribution in [0.4, 0.5) is 0 Å². The summed E-state index contributed by atoms with van der Waals surface area (Å²) in [7, 11) is 1.47. The van der Waals surface area contributed by atoms with Crippen molar-refractivity contribution in [2.45, 2.75) is 32.4 Å². The normalized spacial score (nSPS) is 19.6. The van der Waals surface area contributed by atoms with Crippen LogP contribution in [0, 0.1) is 5.92 Å². The molecule has 0 radical (unpaired) electrons. The summed E-state index contributed by atoms with van der Waals surface area (Å²) in [5, 5.41) is 20.0. The summed E-state index contributed by atoms with van der Waals surface area (Å²) in [5.74, 6) is -0.959. The van der Waals surface area contributed by atoms with Gasteiger partial charge in [0, 0.05) is 26.2 Å². The molecule has 3 heterocycles. The topological polar surface area (TPSA) is 118 Å². The van der Waals surface area contributed by atoms with Gasteiger partial charge in [0.05, 0.1) is 5.52 Å². The van der Waals surface area contributed by atoms with E-state index in [1.165, 1.54) is 11.7 Å². The van der Waals surface area contributed by atoms with Crippen LogP contribution >= 0.6 is 0 Å². The molecule has 1 saturated carbocycles. The van der Waals surface area contributed by atoms with Crippen molar-refractivity contribution in [3.8, 4) is 5.75 Å². The number of carbonyl (C=O) groups excluding carboxylic acids is 2. The number of aromatic nitrogens is 3. The van der Waals surface area contributed by atoms with Crippen LogP contribution < -0.4 is 16.2 Å². The molecule has 9 heteroatoms. The number of aromatic hydroxyl groups is 1. The van der Waals surface area contributed by atoms with Gasteiger partial charge in [-0.2, -0.15) is 5.10 Å². The maximum absolute atomic E-state index is 12.9. The Kier molecular flexibility index (Phi) is 3.34. The first-order chi connectivity index (χ1) is 11.9. The summed E-state index contributed by atoms with van der Waals surface area (Å²) >= 11 is 0. The fraction of sp³-hybridized carbons (Fsp3) is 0.500. The van der Waals surface area contributed by atoms with Crippen molar-refractivity contribution >= 4 is 22.7 Å². The Morgan fingerprint density at radius 3 is 2.76 bits per heavy atom. The van der Waals surface area contributed by atoms with Crippen molar-refractivity contribution in [3.05, 3.63) is 21.7 Å². The Labute approximate surface area is 142 Å². The number of hydrogen-bond acceptors (Lipinski definition) is 5. The van der Waals surface area contributed by atoms with E-state index in [9.17, 15) is 19.5 Å². The van der Waals surface area contributed by atoms with Crippen molar-refractivity contribution in [2.75, 3.05) is 13.6 Å². The molecular weight excluding hydrogens is 326 g/mol. The molecule has 2 aliphatic rings. The van der Waals surface area contributed by atoms with E-state index in [0.717, 1.165) is 12.8 Å². The van der Waals surface area contributed by atoms with Crippen LogP contribution in [0.5, 0.6) is 5.75 Å². The Morgan fingerprint density at radius 2 is 2.12 bits per heavy atom. The van der Waals surface area contributed by atoms with E-state index in [1.807, 2.05) is 6.92 Å². The van der Waals surface area contributed by atoms with Crippen LogP contribution in [-0.2, 0) is 6.54 Å². The monoisotopic (exact) mass is 345 g/mol. The van der Waals surface area contributed by atoms with E-state index < -0.39 is 17.4 Å². The summed E-state index contributed by atoms with van der Waals surface area (Å²) < 4.78 is 2.78. The second kappa shape index (κ2) is 5.33. The van der Waals surface area contributed by atoms with E-state index in [0.29, 0.717) is 19.0 Å². The van der Waals surface area contributed by atoms with Gasteiger partial charge in [0.2, 0.25) is 0 Å². The Hall–Kier alpha value is -2.84. The highest BCUT2D eigenvalue weighted by Crippen LogP contribution is 2.36. The molecule has 25 heavy (non-hydrogen) atoms. The van der Waals surface area contributed by atoms with Gasteiger partial charge >= 0.3 is 0 Å². The first kappa shape index (κ1) is 15.7. The maximum Gasteiger partial charge on any atom is 0.280 e. The minimum Gasteiger partial charge on any atom is -0.505 e. The third-order valence-corrected chi connectivity index (χ3v) is 4.86. The van der Waals surface area contributed by atoms with Crippen molar-refractivity contribution < 1.29 is 14.7 Å². The number of fused-ring (bicyclic) bond motifs is 3. The summed E-state index contributed by atoms with van der Waals surface area (Å²) in [6, 6.07) is -0.222. The molecule has 9 nitrogen and oxygen atoms in total. The molecule has 1 aliphatic heterocycles. The molecule has 0 aromatic carbocycles. The van der Waals surface area contributed by atoms with Gasteiger partial charge in [0.1, 0.15) is 5.39 Å². The lowest BCUT2D eigenvalue weighted by Gasteiger charge is -2.24. The van der Waals surface area contributed by atoms with E-state index >= 15 is 0 Å². The SMILES string of the molecule is CNC(=O)c1nn(CC2CC2)c(=O)c2c(O)c3n(c12)C(C)CNC3=O. The molecule has 3 N–H and O–H groups in total. The van der Waals surface area contributed by atoms with Crippen molar-refractivity contribution in [1.82, 2.24) is 25.0 Å². The zero-order chi connectivity index (χ0) is 17.9. The lowest BCUT2D eigenvalue weighted by molar-refractivity contribution is 0.0911. The van der Waals surface area contributed by atoms with Gasteiger partial charge in [0.15, 0.2) is 17.1 Å². The maximum atomic E-state index is 12.9. The standard InChI is InChI=1S/C16H19N5O4/c1-7-5-18-15(24)12-13(22)9-11(21(7)12)10(14(23)17-2)19-20(16(9)25)6-8-3-4-8/h7-8,22H,3-6H2,1-2H3,(H,17,23)(H,18,24). The van der Waals surface area contributed by atoms with E-state index in [1.54, 1.807) is 4.57 Å². The molecule has 2 aromatic heterocycles. The average Bonchev–Trinajstić information content (AvgIpc) is 3.35. The lowest BCUT2D eigenvalue weighted by atomic mass is 10.2. The second-order valence-electron chi connectivity index (χ2n) is 6.71. The summed E-state index contributed by atoms with van der Waals surface area (Å²) in [5.41, 5.74) is -0.219. The summed E-state index contributed by atoms with van der Waals surface area (Å²) in [4.78, 5) is 37.5. The molecule has 1 aliphatic carbocycles. The zero-order valence-corrected chi connectivity index (χ0v) is 14.0. The summed E-state index contributed by atoms with van der Waals surface area (Å²) in [6.07, 6.45) is 2.03. The van der Waals surface area contributed by atoms with Gasteiger partial charge in [-0.1, -0.05) is 0 Å². The largest absolute Gasteiger partial charge is 0.505 e. The average molecular weight is 345 g/mol. The lowest BCUT2D eigenvalue weighted by Crippen LogP contribution is -2.38. The van der Waals surface area contributed by atoms with Crippen LogP contribution in [0.15, 0.2) is 4.79 Å². The second-order valence-corrected chi connectivity index (χ2v) is 6.71. The number of rotatable bonds is 3. The first-order valence-corrected chi connectivity index (χ1v) is 8.32. The Bertz CT molecular complexity index is 969. The fourth-order valence-electron chi connectivity index (χ4n) is 3.37. The molecule has 0 saturated heterocycles. The number of nitrogens with zero attached hydrogens (tertiary/aromatic N) is 3. The zero-order valence-electron chi connectivity index (χ0n) is 14.0. The predicted molar refractivity (Wildman–Crippen MR) is 88.8 cm³/mol. The van der Waals surface area contributed by atoms with Crippen LogP contribution in [0.3, 0.4) is 0 Å². The number of carbonyl (C=O) groups is 2. The molecule has 2 amide bonds. The van der Waals surface area contributed by atoms with Crippen LogP contribution in [0.2, 0.25) is 0 Å². The fourth-order valence-corrected chi connectivity index (χ4v) is 3.37. The number of amides is 2. The van der Waals surface area contributed by atoms with Crippen molar-refractivity contribution in [3.63, 3.8) is 0 Å². The minimum absolute atomic E-state index is 0.00183. The van der Waals surface area contributed by atoms with Gasteiger partial charge in [-0.05, 0) is 25.7 Å². The Morgan fingerprint density at radius 1 is 1.40 bits per heavy atom. The molecule has 132 valence electrons. The smallest absolute Gasteiger partial charge is 0.280 e. The molecule has 0 bridgehead atoms. The Balaban J connectivity index is 2.11. The minimum atomic E-state index is -0.478. The van der Waals surface area contributed by atoms with E-state index in [2.05, 4.69) is 15.7 Å². The highest BCUT2D eigenvalue weighted by molar-refractivity contribution is 6.10. The van der Waals surface area contributed by atoms with E-state index in [-0.39, 0.29) is 34.1 Å². The number of nitrogens with one attached hydrogen (secondary N) is 2. The predicted octanol–water partition coefficient (Wildman–Crippen LogP) is -0.0224. The van der Waals surface area contributed by atoms with Gasteiger partial charge in [-0.15, -0.1) is 0 Å². The van der Waals surface area contributed by atoms with E-state index in [4.69, 9.17) is 0 Å². The molecular formula is C16H19N5O4. The molecule has 4 rings (SSSR count). The van der Waals surface area contributed by atoms with Gasteiger partial charge in [-0.3, -0.25) is 14.4 Å². The van der Waals surface area contributed by atoms with Crippen molar-refractivity contribution in [2.24, 2.45) is 5.92 Å². The van der Waals surface area contributed by atoms with Crippen LogP contribution in [0.25, 0.3) is 10.9 Å². The van der Waals surface area contributed by atoms with Gasteiger partial charge in [-0.25, -0.2) is 4.68 Å². The van der Waals surface area contributed by atoms with Gasteiger partial charge in [0.25, 0.3) is 17.4 Å².